The summed E-state index contributed by atoms with van der Waals surface area (Å²) in [6, 6.07) is 17.8. The molecule has 4 rings (SSSR count). The van der Waals surface area contributed by atoms with Crippen molar-refractivity contribution in [1.29, 1.82) is 0 Å². The van der Waals surface area contributed by atoms with Crippen LogP contribution in [0.1, 0.15) is 66.4 Å². The number of carbonyl (C=O) groups excluding carboxylic acids is 2. The Morgan fingerprint density at radius 2 is 1.81 bits per heavy atom. The second kappa shape index (κ2) is 9.65. The molecule has 0 bridgehead atoms. The number of amides is 2. The summed E-state index contributed by atoms with van der Waals surface area (Å²) >= 11 is 0. The number of nitrogens with zero attached hydrogens (tertiary/aromatic N) is 1. The fraction of sp³-hybridized carbons (Fsp3) is 0.462. The van der Waals surface area contributed by atoms with Crippen LogP contribution in [0.25, 0.3) is 0 Å². The smallest absolute Gasteiger partial charge is 0.254 e. The Hall–Kier alpha value is -2.66. The van der Waals surface area contributed by atoms with E-state index in [0.717, 1.165) is 43.2 Å². The predicted molar refractivity (Wildman–Crippen MR) is 121 cm³/mol. The van der Waals surface area contributed by atoms with Gasteiger partial charge in [0.25, 0.3) is 5.91 Å². The van der Waals surface area contributed by atoms with Crippen molar-refractivity contribution in [3.8, 4) is 0 Å². The molecule has 2 aliphatic rings. The van der Waals surface area contributed by atoms with Gasteiger partial charge in [0.1, 0.15) is 0 Å². The quantitative estimate of drug-likeness (QED) is 0.649. The normalized spacial score (nSPS) is 19.5. The number of ether oxygens (including phenoxy) is 1. The first-order chi connectivity index (χ1) is 15.2. The summed E-state index contributed by atoms with van der Waals surface area (Å²) in [6.07, 6.45) is 4.57. The highest BCUT2D eigenvalue weighted by Gasteiger charge is 2.55. The van der Waals surface area contributed by atoms with Crippen LogP contribution in [-0.2, 0) is 16.1 Å². The molecule has 2 aromatic carbocycles. The lowest BCUT2D eigenvalue weighted by molar-refractivity contribution is -0.126. The summed E-state index contributed by atoms with van der Waals surface area (Å²) in [4.78, 5) is 29.2. The maximum atomic E-state index is 13.7. The van der Waals surface area contributed by atoms with Gasteiger partial charge in [-0.15, -0.1) is 0 Å². The molecular weight excluding hydrogens is 388 g/mol. The molecule has 5 heteroatoms. The molecule has 1 aliphatic heterocycles. The molecule has 1 saturated carbocycles. The van der Waals surface area contributed by atoms with Crippen molar-refractivity contribution in [2.75, 3.05) is 19.8 Å². The zero-order valence-corrected chi connectivity index (χ0v) is 18.3. The van der Waals surface area contributed by atoms with Gasteiger partial charge < -0.3 is 15.0 Å². The van der Waals surface area contributed by atoms with Crippen LogP contribution in [0.15, 0.2) is 54.6 Å². The highest BCUT2D eigenvalue weighted by Crippen LogP contribution is 2.50. The van der Waals surface area contributed by atoms with Crippen LogP contribution < -0.4 is 5.32 Å². The lowest BCUT2D eigenvalue weighted by Gasteiger charge is -2.50. The van der Waals surface area contributed by atoms with E-state index in [9.17, 15) is 9.59 Å². The molecule has 0 unspecified atom stereocenters. The van der Waals surface area contributed by atoms with E-state index in [1.54, 1.807) is 0 Å². The molecule has 1 spiro atoms. The molecule has 1 aliphatic carbocycles. The van der Waals surface area contributed by atoms with E-state index >= 15 is 0 Å². The van der Waals surface area contributed by atoms with Gasteiger partial charge in [0.15, 0.2) is 0 Å². The Morgan fingerprint density at radius 3 is 2.55 bits per heavy atom. The van der Waals surface area contributed by atoms with E-state index in [0.29, 0.717) is 31.9 Å². The summed E-state index contributed by atoms with van der Waals surface area (Å²) in [5.74, 6) is -0.280. The molecule has 0 saturated heterocycles. The van der Waals surface area contributed by atoms with Crippen molar-refractivity contribution in [2.45, 2.75) is 57.0 Å². The van der Waals surface area contributed by atoms with Crippen molar-refractivity contribution in [3.05, 3.63) is 71.3 Å². The van der Waals surface area contributed by atoms with Crippen LogP contribution in [0.3, 0.4) is 0 Å². The van der Waals surface area contributed by atoms with Crippen LogP contribution in [0.2, 0.25) is 0 Å². The Balaban J connectivity index is 1.68. The van der Waals surface area contributed by atoms with Gasteiger partial charge in [-0.1, -0.05) is 61.4 Å². The van der Waals surface area contributed by atoms with Gasteiger partial charge >= 0.3 is 0 Å². The molecule has 1 N–H and O–H groups in total. The minimum Gasteiger partial charge on any atom is -0.382 e. The summed E-state index contributed by atoms with van der Waals surface area (Å²) in [7, 11) is 0. The SMILES string of the molecule is CCOCCCNC(=O)[C@H]1c2ccccc2C(=O)N(Cc2ccccc2)C12CCCC2. The van der Waals surface area contributed by atoms with Gasteiger partial charge in [-0.3, -0.25) is 9.59 Å². The first kappa shape index (κ1) is 21.6. The maximum Gasteiger partial charge on any atom is 0.254 e. The molecule has 1 atom stereocenters. The van der Waals surface area contributed by atoms with Gasteiger partial charge in [-0.2, -0.15) is 0 Å². The molecule has 0 aromatic heterocycles. The standard InChI is InChI=1S/C26H32N2O3/c1-2-31-18-10-17-27-24(29)23-21-13-6-7-14-22(21)25(30)28(26(23)15-8-9-16-26)19-20-11-4-3-5-12-20/h3-7,11-14,23H,2,8-10,15-19H2,1H3,(H,27,29)/t23-/m1/s1. The monoisotopic (exact) mass is 420 g/mol. The van der Waals surface area contributed by atoms with E-state index < -0.39 is 5.54 Å². The van der Waals surface area contributed by atoms with Crippen molar-refractivity contribution in [3.63, 3.8) is 0 Å². The van der Waals surface area contributed by atoms with Gasteiger partial charge in [-0.25, -0.2) is 0 Å². The van der Waals surface area contributed by atoms with E-state index in [2.05, 4.69) is 17.4 Å². The lowest BCUT2D eigenvalue weighted by atomic mass is 9.71. The largest absolute Gasteiger partial charge is 0.382 e. The molecule has 0 radical (unpaired) electrons. The highest BCUT2D eigenvalue weighted by atomic mass is 16.5. The summed E-state index contributed by atoms with van der Waals surface area (Å²) < 4.78 is 5.40. The van der Waals surface area contributed by atoms with E-state index in [-0.39, 0.29) is 17.7 Å². The Kier molecular flexibility index (Phi) is 6.71. The number of fused-ring (bicyclic) bond motifs is 1. The topological polar surface area (TPSA) is 58.6 Å². The van der Waals surface area contributed by atoms with Crippen LogP contribution in [0.4, 0.5) is 0 Å². The van der Waals surface area contributed by atoms with Crippen molar-refractivity contribution < 1.29 is 14.3 Å². The molecular formula is C26H32N2O3. The van der Waals surface area contributed by atoms with E-state index in [1.165, 1.54) is 0 Å². The van der Waals surface area contributed by atoms with Crippen LogP contribution >= 0.6 is 0 Å². The molecule has 31 heavy (non-hydrogen) atoms. The molecule has 2 amide bonds. The number of rotatable bonds is 8. The number of nitrogens with one attached hydrogen (secondary N) is 1. The summed E-state index contributed by atoms with van der Waals surface area (Å²) in [6.45, 7) is 4.41. The Bertz CT molecular complexity index is 906. The first-order valence-corrected chi connectivity index (χ1v) is 11.5. The van der Waals surface area contributed by atoms with E-state index in [1.807, 2.05) is 54.3 Å². The zero-order valence-electron chi connectivity index (χ0n) is 18.3. The second-order valence-electron chi connectivity index (χ2n) is 8.55. The summed E-state index contributed by atoms with van der Waals surface area (Å²) in [5.41, 5.74) is 2.16. The van der Waals surface area contributed by atoms with Gasteiger partial charge in [0.05, 0.1) is 11.5 Å². The fourth-order valence-corrected chi connectivity index (χ4v) is 5.29. The molecule has 1 fully saturated rings. The third kappa shape index (κ3) is 4.24. The Morgan fingerprint density at radius 1 is 1.10 bits per heavy atom. The Labute approximate surface area is 184 Å². The second-order valence-corrected chi connectivity index (χ2v) is 8.55. The van der Waals surface area contributed by atoms with Crippen molar-refractivity contribution >= 4 is 11.8 Å². The zero-order chi connectivity index (χ0) is 21.7. The minimum absolute atomic E-state index is 0.0245. The van der Waals surface area contributed by atoms with Crippen LogP contribution in [0.5, 0.6) is 0 Å². The third-order valence-corrected chi connectivity index (χ3v) is 6.71. The number of hydrogen-bond donors (Lipinski definition) is 1. The summed E-state index contributed by atoms with van der Waals surface area (Å²) in [5, 5.41) is 3.15. The van der Waals surface area contributed by atoms with E-state index in [4.69, 9.17) is 4.74 Å². The average molecular weight is 421 g/mol. The highest BCUT2D eigenvalue weighted by molar-refractivity contribution is 6.02. The number of benzene rings is 2. The van der Waals surface area contributed by atoms with Gasteiger partial charge in [0.2, 0.25) is 5.91 Å². The number of hydrogen-bond acceptors (Lipinski definition) is 3. The molecule has 164 valence electrons. The predicted octanol–water partition coefficient (Wildman–Crippen LogP) is 4.28. The van der Waals surface area contributed by atoms with Crippen molar-refractivity contribution in [2.24, 2.45) is 0 Å². The molecule has 2 aromatic rings. The minimum atomic E-state index is -0.467. The molecule has 1 heterocycles. The number of carbonyl (C=O) groups is 2. The maximum absolute atomic E-state index is 13.7. The first-order valence-electron chi connectivity index (χ1n) is 11.5. The molecule has 5 nitrogen and oxygen atoms in total. The van der Waals surface area contributed by atoms with Gasteiger partial charge in [0, 0.05) is 31.9 Å². The average Bonchev–Trinajstić information content (AvgIpc) is 3.27. The van der Waals surface area contributed by atoms with Crippen LogP contribution in [-0.4, -0.2) is 42.0 Å². The lowest BCUT2D eigenvalue weighted by Crippen LogP contribution is -2.60. The fourth-order valence-electron chi connectivity index (χ4n) is 5.29. The third-order valence-electron chi connectivity index (χ3n) is 6.71. The van der Waals surface area contributed by atoms with Gasteiger partial charge in [-0.05, 0) is 43.4 Å². The van der Waals surface area contributed by atoms with Crippen LogP contribution in [0, 0.1) is 0 Å². The van der Waals surface area contributed by atoms with Crippen molar-refractivity contribution in [1.82, 2.24) is 10.2 Å².